The first kappa shape index (κ1) is 41.3. The number of fused-ring (bicyclic) bond motifs is 5. The van der Waals surface area contributed by atoms with Crippen molar-refractivity contribution in [3.8, 4) is 5.75 Å². The number of halogens is 1. The molecule has 6 unspecified atom stereocenters. The molecule has 3 aliphatic carbocycles. The molecule has 2 saturated heterocycles. The second-order valence-corrected chi connectivity index (χ2v) is 19.6. The first-order chi connectivity index (χ1) is 27.8. The minimum absolute atomic E-state index is 0.119. The lowest BCUT2D eigenvalue weighted by molar-refractivity contribution is -0.108. The molecular formula is C46H65ClN4O5S. The number of hydrogen-bond donors (Lipinski definition) is 1. The van der Waals surface area contributed by atoms with Crippen LogP contribution in [0.5, 0.6) is 5.75 Å². The van der Waals surface area contributed by atoms with Crippen molar-refractivity contribution < 1.29 is 23.2 Å². The zero-order valence-corrected chi connectivity index (χ0v) is 36.0. The molecule has 9 nitrogen and oxygen atoms in total. The Balaban J connectivity index is 0.00000224. The highest BCUT2D eigenvalue weighted by molar-refractivity contribution is 7.84. The number of allylic oxidation sites excluding steroid dienone is 1. The van der Waals surface area contributed by atoms with E-state index in [1.165, 1.54) is 36.8 Å². The van der Waals surface area contributed by atoms with Crippen LogP contribution in [0.1, 0.15) is 86.2 Å². The van der Waals surface area contributed by atoms with Gasteiger partial charge in [-0.15, -0.1) is 11.6 Å². The van der Waals surface area contributed by atoms with Crippen LogP contribution in [0.25, 0.3) is 0 Å². The number of benzene rings is 2. The molecule has 1 N–H and O–H groups in total. The molecule has 4 heterocycles. The topological polar surface area (TPSA) is 83.6 Å². The van der Waals surface area contributed by atoms with E-state index in [1.54, 1.807) is 0 Å². The van der Waals surface area contributed by atoms with Gasteiger partial charge in [0, 0.05) is 76.3 Å². The van der Waals surface area contributed by atoms with Crippen LogP contribution in [0.4, 0.5) is 5.69 Å². The molecule has 11 heteroatoms. The molecular weight excluding hydrogens is 756 g/mol. The fraction of sp³-hybridized carbons (Fsp3) is 0.674. The number of anilines is 1. The largest absolute Gasteiger partial charge is 0.490 e. The Kier molecular flexibility index (Phi) is 13.0. The summed E-state index contributed by atoms with van der Waals surface area (Å²) in [6, 6.07) is 15.3. The standard InChI is InChI=1S/C45H62N4O5S.CH3Cl/c1-32-8-6-19-45(52-2,30-47-20-21-48-22-23-53-28-37(48)27-47)39-16-14-36(39)26-49-29-44(18-7-12-34-11-3-4-13-38(34)44)31-54-41-17-15-35(25-40(41)49)43(50)46-55(51)42(32)24-33-9-5-10-33;1-2/h3-4,6,11,13,15,17,19,25,32-33,36-37,39,42H,5,7-10,12,14,16,18,20-24,26-31H2,1-2H3,(H,46,50);1H3/b19-6+;/t32?,36?,37?,39?,42?,44-,45-,55?;/m0./s1. The van der Waals surface area contributed by atoms with E-state index >= 15 is 0 Å². The molecule has 2 bridgehead atoms. The molecule has 1 spiro atoms. The number of nitrogens with one attached hydrogen (secondary N) is 1. The second kappa shape index (κ2) is 18.0. The van der Waals surface area contributed by atoms with Crippen molar-refractivity contribution in [3.05, 3.63) is 71.3 Å². The van der Waals surface area contributed by atoms with Crippen LogP contribution < -0.4 is 14.4 Å². The molecule has 2 saturated carbocycles. The van der Waals surface area contributed by atoms with Gasteiger partial charge in [0.1, 0.15) is 22.3 Å². The average molecular weight is 822 g/mol. The van der Waals surface area contributed by atoms with Crippen molar-refractivity contribution in [2.75, 3.05) is 84.0 Å². The van der Waals surface area contributed by atoms with E-state index in [9.17, 15) is 9.00 Å². The highest BCUT2D eigenvalue weighted by atomic mass is 35.5. The molecule has 1 amide bonds. The van der Waals surface area contributed by atoms with E-state index in [1.807, 2.05) is 25.3 Å². The van der Waals surface area contributed by atoms with Crippen LogP contribution in [0.15, 0.2) is 54.6 Å². The number of piperazine rings is 1. The van der Waals surface area contributed by atoms with Crippen molar-refractivity contribution in [1.29, 1.82) is 0 Å². The molecule has 0 radical (unpaired) electrons. The molecule has 8 atom stereocenters. The van der Waals surface area contributed by atoms with Crippen LogP contribution in [0.3, 0.4) is 0 Å². The Morgan fingerprint density at radius 2 is 1.89 bits per heavy atom. The summed E-state index contributed by atoms with van der Waals surface area (Å²) in [6.45, 7) is 11.1. The molecule has 4 fully saturated rings. The van der Waals surface area contributed by atoms with Crippen LogP contribution in [-0.2, 0) is 32.3 Å². The molecule has 7 aliphatic rings. The summed E-state index contributed by atoms with van der Waals surface area (Å²) in [6.07, 6.45) is 17.1. The van der Waals surface area contributed by atoms with Crippen molar-refractivity contribution in [1.82, 2.24) is 14.5 Å². The summed E-state index contributed by atoms with van der Waals surface area (Å²) in [5.74, 6) is 2.04. The third kappa shape index (κ3) is 8.47. The van der Waals surface area contributed by atoms with Crippen molar-refractivity contribution in [3.63, 3.8) is 0 Å². The number of methoxy groups -OCH3 is 1. The number of ether oxygens (including phenoxy) is 3. The number of carbonyl (C=O) groups excluding carboxylic acids is 1. The van der Waals surface area contributed by atoms with Crippen molar-refractivity contribution >= 4 is 34.2 Å². The lowest BCUT2D eigenvalue weighted by Gasteiger charge is -2.53. The van der Waals surface area contributed by atoms with Crippen LogP contribution in [0, 0.1) is 23.7 Å². The van der Waals surface area contributed by atoms with Crippen LogP contribution in [-0.4, -0.2) is 116 Å². The van der Waals surface area contributed by atoms with Gasteiger partial charge in [0.25, 0.3) is 5.91 Å². The summed E-state index contributed by atoms with van der Waals surface area (Å²) in [7, 11) is 0.417. The summed E-state index contributed by atoms with van der Waals surface area (Å²) in [5.41, 5.74) is 3.76. The lowest BCUT2D eigenvalue weighted by Crippen LogP contribution is -2.62. The number of nitrogens with zero attached hydrogens (tertiary/aromatic N) is 3. The Labute approximate surface area is 348 Å². The number of alkyl halides is 1. The van der Waals surface area contributed by atoms with Gasteiger partial charge in [0.15, 0.2) is 0 Å². The van der Waals surface area contributed by atoms with Gasteiger partial charge in [-0.1, -0.05) is 62.6 Å². The maximum Gasteiger partial charge on any atom is 0.263 e. The number of carbonyl (C=O) groups is 1. The molecule has 0 aromatic heterocycles. The van der Waals surface area contributed by atoms with Gasteiger partial charge in [-0.2, -0.15) is 0 Å². The quantitative estimate of drug-likeness (QED) is 0.256. The van der Waals surface area contributed by atoms with E-state index in [0.29, 0.717) is 36.0 Å². The maximum atomic E-state index is 14.2. The highest BCUT2D eigenvalue weighted by Crippen LogP contribution is 2.49. The summed E-state index contributed by atoms with van der Waals surface area (Å²) >= 11 is 4.64. The zero-order valence-electron chi connectivity index (χ0n) is 34.5. The third-order valence-electron chi connectivity index (χ3n) is 14.9. The molecule has 9 rings (SSSR count). The Morgan fingerprint density at radius 3 is 2.68 bits per heavy atom. The van der Waals surface area contributed by atoms with Gasteiger partial charge >= 0.3 is 0 Å². The van der Waals surface area contributed by atoms with E-state index < -0.39 is 16.6 Å². The zero-order chi connectivity index (χ0) is 39.6. The van der Waals surface area contributed by atoms with Crippen LogP contribution >= 0.6 is 11.6 Å². The predicted octanol–water partition coefficient (Wildman–Crippen LogP) is 6.99. The summed E-state index contributed by atoms with van der Waals surface area (Å²) in [4.78, 5) is 21.8. The SMILES string of the molecule is CCl.CO[C@]1(CN2CCN3CCOCC3C2)/C=C/CC(C)C(CC2CCC2)S(=O)NC(=O)c2ccc3c(c2)N(CC2CCC21)C[C@@]1(CCCc2ccccc21)CO3. The number of hydrogen-bond acceptors (Lipinski definition) is 8. The smallest absolute Gasteiger partial charge is 0.263 e. The van der Waals surface area contributed by atoms with Crippen LogP contribution in [0.2, 0.25) is 0 Å². The van der Waals surface area contributed by atoms with Crippen molar-refractivity contribution in [2.45, 2.75) is 93.4 Å². The first-order valence-electron chi connectivity index (χ1n) is 21.8. The molecule has 312 valence electrons. The van der Waals surface area contributed by atoms with Crippen molar-refractivity contribution in [2.24, 2.45) is 23.7 Å². The predicted molar refractivity (Wildman–Crippen MR) is 230 cm³/mol. The monoisotopic (exact) mass is 820 g/mol. The minimum atomic E-state index is -1.51. The van der Waals surface area contributed by atoms with Gasteiger partial charge < -0.3 is 19.1 Å². The molecule has 2 aromatic carbocycles. The molecule has 2 aromatic rings. The third-order valence-corrected chi connectivity index (χ3v) is 16.5. The van der Waals surface area contributed by atoms with Gasteiger partial charge in [-0.3, -0.25) is 19.3 Å². The Morgan fingerprint density at radius 1 is 1.04 bits per heavy atom. The number of aryl methyl sites for hydroxylation is 1. The summed E-state index contributed by atoms with van der Waals surface area (Å²) < 4.78 is 36.8. The summed E-state index contributed by atoms with van der Waals surface area (Å²) in [5, 5.41) is -0.119. The molecule has 57 heavy (non-hydrogen) atoms. The lowest BCUT2D eigenvalue weighted by atomic mass is 9.63. The van der Waals surface area contributed by atoms with Gasteiger partial charge in [-0.25, -0.2) is 4.21 Å². The van der Waals surface area contributed by atoms with Gasteiger partial charge in [0.05, 0.1) is 30.8 Å². The van der Waals surface area contributed by atoms with E-state index in [2.05, 4.69) is 74.4 Å². The average Bonchev–Trinajstić information content (AvgIpc) is 3.36. The minimum Gasteiger partial charge on any atom is -0.490 e. The Bertz CT molecular complexity index is 1780. The highest BCUT2D eigenvalue weighted by Gasteiger charge is 2.50. The Hall–Kier alpha value is -2.47. The van der Waals surface area contributed by atoms with Gasteiger partial charge in [-0.05, 0) is 97.9 Å². The fourth-order valence-electron chi connectivity index (χ4n) is 11.3. The maximum absolute atomic E-state index is 14.2. The van der Waals surface area contributed by atoms with E-state index in [-0.39, 0.29) is 22.5 Å². The number of morpholine rings is 1. The fourth-order valence-corrected chi connectivity index (χ4v) is 12.7. The number of amides is 1. The van der Waals surface area contributed by atoms with E-state index in [4.69, 9.17) is 14.2 Å². The molecule has 4 aliphatic heterocycles. The van der Waals surface area contributed by atoms with E-state index in [0.717, 1.165) is 115 Å². The first-order valence-corrected chi connectivity index (χ1v) is 23.8. The normalized spacial score (nSPS) is 35.4. The van der Waals surface area contributed by atoms with Gasteiger partial charge in [0.2, 0.25) is 0 Å². The second-order valence-electron chi connectivity index (χ2n) is 18.2. The number of rotatable bonds is 5.